The van der Waals surface area contributed by atoms with Crippen LogP contribution in [0.4, 0.5) is 0 Å². The Kier molecular flexibility index (Phi) is 12.0. The van der Waals surface area contributed by atoms with Crippen LogP contribution in [0.5, 0.6) is 0 Å². The van der Waals surface area contributed by atoms with E-state index in [4.69, 9.17) is 25.3 Å². The molecule has 3 aliphatic heterocycles. The number of thioether (sulfide) groups is 6. The SMILES string of the molecule is SC(CCSC1CSC1)CC(CSC1CSC1)C(S)CCSC1CSC1. The second kappa shape index (κ2) is 13.3. The Morgan fingerprint density at radius 2 is 1.23 bits per heavy atom. The molecule has 3 heterocycles. The van der Waals surface area contributed by atoms with Crippen LogP contribution in [0.3, 0.4) is 0 Å². The van der Waals surface area contributed by atoms with Crippen molar-refractivity contribution in [1.82, 2.24) is 0 Å². The van der Waals surface area contributed by atoms with E-state index < -0.39 is 0 Å². The van der Waals surface area contributed by atoms with Crippen molar-refractivity contribution in [1.29, 1.82) is 0 Å². The van der Waals surface area contributed by atoms with Gasteiger partial charge in [-0.3, -0.25) is 0 Å². The minimum atomic E-state index is 0.556. The highest BCUT2D eigenvalue weighted by atomic mass is 32.2. The Bertz CT molecular complexity index is 383. The molecule has 152 valence electrons. The molecule has 0 aromatic heterocycles. The second-order valence-electron chi connectivity index (χ2n) is 7.35. The first-order valence-electron chi connectivity index (χ1n) is 9.65. The van der Waals surface area contributed by atoms with Gasteiger partial charge in [-0.25, -0.2) is 0 Å². The van der Waals surface area contributed by atoms with Crippen molar-refractivity contribution in [2.75, 3.05) is 51.8 Å². The molecule has 3 rings (SSSR count). The molecule has 0 nitrogen and oxygen atoms in total. The molecular formula is C18H32S8. The molecule has 3 fully saturated rings. The van der Waals surface area contributed by atoms with Crippen LogP contribution in [-0.2, 0) is 0 Å². The summed E-state index contributed by atoms with van der Waals surface area (Å²) in [4.78, 5) is 0. The molecule has 0 amide bonds. The summed E-state index contributed by atoms with van der Waals surface area (Å²) in [5.41, 5.74) is 0. The molecular weight excluding hydrogens is 473 g/mol. The molecule has 8 heteroatoms. The van der Waals surface area contributed by atoms with Crippen LogP contribution in [0, 0.1) is 5.92 Å². The highest BCUT2D eigenvalue weighted by Crippen LogP contribution is 2.36. The minimum Gasteiger partial charge on any atom is -0.176 e. The van der Waals surface area contributed by atoms with E-state index in [1.165, 1.54) is 71.0 Å². The molecule has 0 radical (unpaired) electrons. The Morgan fingerprint density at radius 3 is 1.73 bits per heavy atom. The lowest BCUT2D eigenvalue weighted by Crippen LogP contribution is -2.28. The third-order valence-electron chi connectivity index (χ3n) is 5.06. The lowest BCUT2D eigenvalue weighted by Gasteiger charge is -2.31. The normalized spacial score (nSPS) is 25.2. The monoisotopic (exact) mass is 504 g/mol. The topological polar surface area (TPSA) is 0 Å². The van der Waals surface area contributed by atoms with E-state index >= 15 is 0 Å². The fourth-order valence-corrected chi connectivity index (χ4v) is 11.9. The van der Waals surface area contributed by atoms with E-state index in [2.05, 4.69) is 70.6 Å². The number of hydrogen-bond acceptors (Lipinski definition) is 8. The summed E-state index contributed by atoms with van der Waals surface area (Å²) in [5, 5.41) is 3.89. The van der Waals surface area contributed by atoms with Gasteiger partial charge in [0.1, 0.15) is 0 Å². The largest absolute Gasteiger partial charge is 0.176 e. The van der Waals surface area contributed by atoms with Crippen LogP contribution in [0.1, 0.15) is 19.3 Å². The molecule has 0 bridgehead atoms. The minimum absolute atomic E-state index is 0.556. The van der Waals surface area contributed by atoms with Crippen LogP contribution in [0.2, 0.25) is 0 Å². The molecule has 0 saturated carbocycles. The molecule has 0 aliphatic carbocycles. The van der Waals surface area contributed by atoms with Gasteiger partial charge in [-0.05, 0) is 42.4 Å². The third kappa shape index (κ3) is 8.50. The van der Waals surface area contributed by atoms with Crippen LogP contribution in [-0.4, -0.2) is 78.0 Å². The Labute approximate surface area is 197 Å². The van der Waals surface area contributed by atoms with E-state index in [1.54, 1.807) is 0 Å². The van der Waals surface area contributed by atoms with Crippen LogP contribution in [0.25, 0.3) is 0 Å². The molecule has 3 saturated heterocycles. The summed E-state index contributed by atoms with van der Waals surface area (Å²) in [7, 11) is 0. The average Bonchev–Trinajstić information content (AvgIpc) is 2.49. The summed E-state index contributed by atoms with van der Waals surface area (Å²) < 4.78 is 0. The molecule has 0 spiro atoms. The maximum Gasteiger partial charge on any atom is 0.0228 e. The Hall–Kier alpha value is 2.80. The van der Waals surface area contributed by atoms with Gasteiger partial charge in [0.15, 0.2) is 0 Å². The maximum atomic E-state index is 5.07. The number of rotatable bonds is 14. The quantitative estimate of drug-likeness (QED) is 0.280. The van der Waals surface area contributed by atoms with Gasteiger partial charge in [0.25, 0.3) is 0 Å². The lowest BCUT2D eigenvalue weighted by molar-refractivity contribution is 0.499. The Balaban J connectivity index is 1.35. The van der Waals surface area contributed by atoms with Gasteiger partial charge in [-0.15, -0.1) is 0 Å². The highest BCUT2D eigenvalue weighted by molar-refractivity contribution is 8.08. The van der Waals surface area contributed by atoms with Crippen molar-refractivity contribution >= 4 is 95.8 Å². The number of hydrogen-bond donors (Lipinski definition) is 2. The van der Waals surface area contributed by atoms with E-state index in [-0.39, 0.29) is 0 Å². The van der Waals surface area contributed by atoms with E-state index in [9.17, 15) is 0 Å². The highest BCUT2D eigenvalue weighted by Gasteiger charge is 2.26. The zero-order valence-corrected chi connectivity index (χ0v) is 22.0. The molecule has 0 aromatic carbocycles. The van der Waals surface area contributed by atoms with Gasteiger partial charge in [0.05, 0.1) is 0 Å². The Morgan fingerprint density at radius 1 is 0.731 bits per heavy atom. The molecule has 26 heavy (non-hydrogen) atoms. The van der Waals surface area contributed by atoms with Gasteiger partial charge in [-0.1, -0.05) is 0 Å². The van der Waals surface area contributed by atoms with E-state index in [0.29, 0.717) is 10.5 Å². The fraction of sp³-hybridized carbons (Fsp3) is 1.00. The predicted molar refractivity (Wildman–Crippen MR) is 144 cm³/mol. The van der Waals surface area contributed by atoms with Gasteiger partial charge >= 0.3 is 0 Å². The predicted octanol–water partition coefficient (Wildman–Crippen LogP) is 5.92. The van der Waals surface area contributed by atoms with Gasteiger partial charge < -0.3 is 0 Å². The summed E-state index contributed by atoms with van der Waals surface area (Å²) in [6.07, 6.45) is 3.80. The zero-order chi connectivity index (χ0) is 18.2. The molecule has 3 unspecified atom stereocenters. The second-order valence-corrected chi connectivity index (χ2v) is 16.1. The maximum absolute atomic E-state index is 5.07. The van der Waals surface area contributed by atoms with Gasteiger partial charge in [0, 0.05) is 60.8 Å². The van der Waals surface area contributed by atoms with Gasteiger partial charge in [-0.2, -0.15) is 95.8 Å². The molecule has 3 atom stereocenters. The van der Waals surface area contributed by atoms with Crippen molar-refractivity contribution in [3.05, 3.63) is 0 Å². The summed E-state index contributed by atoms with van der Waals surface area (Å²) in [5.74, 6) is 12.8. The van der Waals surface area contributed by atoms with E-state index in [1.807, 2.05) is 0 Å². The van der Waals surface area contributed by atoms with Crippen molar-refractivity contribution < 1.29 is 0 Å². The first kappa shape index (κ1) is 23.5. The van der Waals surface area contributed by atoms with Crippen molar-refractivity contribution in [3.63, 3.8) is 0 Å². The third-order valence-corrected chi connectivity index (χ3v) is 15.3. The lowest BCUT2D eigenvalue weighted by atomic mass is 9.98. The summed E-state index contributed by atoms with van der Waals surface area (Å²) in [6, 6.07) is 0. The van der Waals surface area contributed by atoms with Crippen LogP contribution >= 0.6 is 95.8 Å². The van der Waals surface area contributed by atoms with Crippen molar-refractivity contribution in [2.24, 2.45) is 5.92 Å². The smallest absolute Gasteiger partial charge is 0.0228 e. The average molecular weight is 505 g/mol. The fourth-order valence-electron chi connectivity index (χ4n) is 2.96. The first-order valence-corrected chi connectivity index (χ1v) is 17.3. The summed E-state index contributed by atoms with van der Waals surface area (Å²) >= 11 is 22.9. The van der Waals surface area contributed by atoms with Crippen molar-refractivity contribution in [3.8, 4) is 0 Å². The van der Waals surface area contributed by atoms with Crippen LogP contribution in [0.15, 0.2) is 0 Å². The molecule has 3 aliphatic rings. The molecule has 0 N–H and O–H groups in total. The van der Waals surface area contributed by atoms with E-state index in [0.717, 1.165) is 21.7 Å². The summed E-state index contributed by atoms with van der Waals surface area (Å²) in [6.45, 7) is 0. The van der Waals surface area contributed by atoms with Crippen molar-refractivity contribution in [2.45, 2.75) is 45.5 Å². The zero-order valence-electron chi connectivity index (χ0n) is 15.3. The van der Waals surface area contributed by atoms with Gasteiger partial charge in [0.2, 0.25) is 0 Å². The number of thiol groups is 2. The first-order chi connectivity index (χ1) is 12.7. The standard InChI is InChI=1S/C18H32S8/c19-14(1-3-24-15-7-21-8-15)5-13(6-26-17-11-23-12-17)18(20)2-4-25-16-9-22-10-16/h13-20H,1-12H2. The van der Waals surface area contributed by atoms with Crippen LogP contribution < -0.4 is 0 Å². The molecule has 0 aromatic rings.